The van der Waals surface area contributed by atoms with Crippen LogP contribution in [0.5, 0.6) is 0 Å². The molecule has 0 spiro atoms. The first-order valence-electron chi connectivity index (χ1n) is 9.32. The highest BCUT2D eigenvalue weighted by atomic mass is 28.4. The van der Waals surface area contributed by atoms with Crippen LogP contribution in [0.4, 0.5) is 0 Å². The minimum Gasteiger partial charge on any atom is -0.421 e. The van der Waals surface area contributed by atoms with Crippen molar-refractivity contribution in [2.45, 2.75) is 6.42 Å². The van der Waals surface area contributed by atoms with E-state index >= 15 is 0 Å². The Labute approximate surface area is 160 Å². The molecule has 0 aliphatic heterocycles. The quantitative estimate of drug-likeness (QED) is 0.385. The fourth-order valence-corrected chi connectivity index (χ4v) is 7.63. The zero-order valence-electron chi connectivity index (χ0n) is 15.0. The first-order chi connectivity index (χ1) is 13.3. The van der Waals surface area contributed by atoms with E-state index in [-0.39, 0.29) is 0 Å². The van der Waals surface area contributed by atoms with E-state index in [1.807, 2.05) is 36.4 Å². The number of fused-ring (bicyclic) bond motifs is 3. The third kappa shape index (κ3) is 2.49. The molecule has 4 aromatic carbocycles. The van der Waals surface area contributed by atoms with Crippen molar-refractivity contribution in [3.8, 4) is 11.1 Å². The van der Waals surface area contributed by atoms with Gasteiger partial charge in [0, 0.05) is 0 Å². The molecule has 0 unspecified atom stereocenters. The number of hydrogen-bond donors (Lipinski definition) is 1. The molecule has 0 saturated carbocycles. The summed E-state index contributed by atoms with van der Waals surface area (Å²) in [6.45, 7) is 0. The van der Waals surface area contributed by atoms with Gasteiger partial charge in [0.15, 0.2) is 0 Å². The molecule has 1 aliphatic rings. The lowest BCUT2D eigenvalue weighted by atomic mass is 10.1. The Kier molecular flexibility index (Phi) is 3.82. The highest BCUT2D eigenvalue weighted by molar-refractivity contribution is 7.06. The first-order valence-corrected chi connectivity index (χ1v) is 11.3. The number of rotatable bonds is 3. The van der Waals surface area contributed by atoms with Gasteiger partial charge >= 0.3 is 0 Å². The lowest BCUT2D eigenvalue weighted by Gasteiger charge is -2.29. The molecule has 0 radical (unpaired) electrons. The Bertz CT molecular complexity index is 1060. The van der Waals surface area contributed by atoms with Crippen LogP contribution < -0.4 is 15.6 Å². The molecule has 0 bridgehead atoms. The highest BCUT2D eigenvalue weighted by Gasteiger charge is 2.41. The van der Waals surface area contributed by atoms with E-state index in [2.05, 4.69) is 66.7 Å². The van der Waals surface area contributed by atoms with E-state index < -0.39 is 8.32 Å². The van der Waals surface area contributed by atoms with Crippen molar-refractivity contribution < 1.29 is 4.80 Å². The molecule has 0 atom stereocenters. The summed E-state index contributed by atoms with van der Waals surface area (Å²) in [4.78, 5) is 12.3. The van der Waals surface area contributed by atoms with Crippen LogP contribution in [0.3, 0.4) is 0 Å². The molecule has 0 heterocycles. The molecular weight excluding hydrogens is 344 g/mol. The van der Waals surface area contributed by atoms with Gasteiger partial charge in [-0.15, -0.1) is 0 Å². The van der Waals surface area contributed by atoms with Gasteiger partial charge in [0.05, 0.1) is 0 Å². The Morgan fingerprint density at radius 1 is 0.556 bits per heavy atom. The Balaban J connectivity index is 1.79. The summed E-state index contributed by atoms with van der Waals surface area (Å²) in [7, 11) is -3.07. The van der Waals surface area contributed by atoms with Crippen molar-refractivity contribution in [2.24, 2.45) is 0 Å². The summed E-state index contributed by atoms with van der Waals surface area (Å²) in [6, 6.07) is 35.4. The molecule has 130 valence electrons. The number of hydrogen-bond acceptors (Lipinski definition) is 1. The zero-order chi connectivity index (χ0) is 18.3. The van der Waals surface area contributed by atoms with Gasteiger partial charge in [-0.1, -0.05) is 103 Å². The van der Waals surface area contributed by atoms with E-state index in [1.165, 1.54) is 22.3 Å². The van der Waals surface area contributed by atoms with Crippen molar-refractivity contribution in [2.75, 3.05) is 0 Å². The summed E-state index contributed by atoms with van der Waals surface area (Å²) in [5, 5.41) is 3.16. The van der Waals surface area contributed by atoms with Crippen LogP contribution >= 0.6 is 0 Å². The predicted molar refractivity (Wildman–Crippen MR) is 114 cm³/mol. The molecule has 1 nitrogen and oxygen atoms in total. The largest absolute Gasteiger partial charge is 0.421 e. The maximum absolute atomic E-state index is 12.3. The molecule has 1 N–H and O–H groups in total. The van der Waals surface area contributed by atoms with Crippen molar-refractivity contribution in [1.29, 1.82) is 0 Å². The van der Waals surface area contributed by atoms with Crippen LogP contribution in [0.25, 0.3) is 11.1 Å². The predicted octanol–water partition coefficient (Wildman–Crippen LogP) is 3.22. The second-order valence-corrected chi connectivity index (χ2v) is 10.2. The van der Waals surface area contributed by atoms with Crippen LogP contribution in [-0.4, -0.2) is 13.1 Å². The van der Waals surface area contributed by atoms with Gasteiger partial charge in [0.1, 0.15) is 0 Å². The second-order valence-electron chi connectivity index (χ2n) is 7.11. The first kappa shape index (κ1) is 16.2. The molecule has 0 fully saturated rings. The molecular formula is C25H20OSi. The summed E-state index contributed by atoms with van der Waals surface area (Å²) < 4.78 is 0. The fourth-order valence-electron chi connectivity index (χ4n) is 4.33. The number of benzene rings is 4. The van der Waals surface area contributed by atoms with Gasteiger partial charge in [0.25, 0.3) is 8.32 Å². The molecule has 1 aliphatic carbocycles. The Hall–Kier alpha value is -2.94. The SMILES string of the molecule is O[Si](c1ccccc1)(c1ccccc1)c1cccc2c1Cc1ccccc1-2. The van der Waals surface area contributed by atoms with E-state index in [0.29, 0.717) is 0 Å². The van der Waals surface area contributed by atoms with Crippen LogP contribution in [0.1, 0.15) is 11.1 Å². The van der Waals surface area contributed by atoms with Crippen molar-refractivity contribution >= 4 is 23.9 Å². The molecule has 27 heavy (non-hydrogen) atoms. The van der Waals surface area contributed by atoms with Crippen LogP contribution in [0.15, 0.2) is 103 Å². The van der Waals surface area contributed by atoms with Crippen molar-refractivity contribution in [1.82, 2.24) is 0 Å². The topological polar surface area (TPSA) is 20.2 Å². The average Bonchev–Trinajstić information content (AvgIpc) is 3.13. The van der Waals surface area contributed by atoms with Gasteiger partial charge in [-0.3, -0.25) is 0 Å². The lowest BCUT2D eigenvalue weighted by Crippen LogP contribution is -2.68. The van der Waals surface area contributed by atoms with Crippen molar-refractivity contribution in [3.05, 3.63) is 114 Å². The van der Waals surface area contributed by atoms with E-state index in [4.69, 9.17) is 0 Å². The van der Waals surface area contributed by atoms with E-state index in [1.54, 1.807) is 0 Å². The maximum atomic E-state index is 12.3. The molecule has 4 aromatic rings. The van der Waals surface area contributed by atoms with Gasteiger partial charge in [0.2, 0.25) is 0 Å². The van der Waals surface area contributed by atoms with Gasteiger partial charge in [-0.25, -0.2) is 0 Å². The average molecular weight is 365 g/mol. The van der Waals surface area contributed by atoms with E-state index in [9.17, 15) is 4.80 Å². The van der Waals surface area contributed by atoms with Crippen LogP contribution in [0.2, 0.25) is 0 Å². The van der Waals surface area contributed by atoms with Gasteiger partial charge in [-0.05, 0) is 44.2 Å². The summed E-state index contributed by atoms with van der Waals surface area (Å²) in [5.74, 6) is 0. The zero-order valence-corrected chi connectivity index (χ0v) is 16.0. The summed E-state index contributed by atoms with van der Waals surface area (Å²) in [6.07, 6.45) is 0.886. The maximum Gasteiger partial charge on any atom is 0.285 e. The monoisotopic (exact) mass is 364 g/mol. The van der Waals surface area contributed by atoms with Crippen LogP contribution in [-0.2, 0) is 6.42 Å². The van der Waals surface area contributed by atoms with E-state index in [0.717, 1.165) is 22.0 Å². The fraction of sp³-hybridized carbons (Fsp3) is 0.0400. The van der Waals surface area contributed by atoms with Gasteiger partial charge in [-0.2, -0.15) is 0 Å². The standard InChI is InChI=1S/C25H20OSi/c26-27(20-11-3-1-4-12-20,21-13-5-2-6-14-21)25-17-9-16-23-22-15-8-7-10-19(22)18-24(23)25/h1-17,26H,18H2. The smallest absolute Gasteiger partial charge is 0.285 e. The molecule has 0 aromatic heterocycles. The molecule has 2 heteroatoms. The highest BCUT2D eigenvalue weighted by Crippen LogP contribution is 2.35. The lowest BCUT2D eigenvalue weighted by molar-refractivity contribution is 0.582. The van der Waals surface area contributed by atoms with Crippen molar-refractivity contribution in [3.63, 3.8) is 0 Å². The minimum atomic E-state index is -3.07. The molecule has 5 rings (SSSR count). The molecule has 0 amide bonds. The Morgan fingerprint density at radius 2 is 1.11 bits per heavy atom. The normalized spacial score (nSPS) is 12.5. The minimum absolute atomic E-state index is 0.886. The van der Waals surface area contributed by atoms with Crippen LogP contribution in [0, 0.1) is 0 Å². The summed E-state index contributed by atoms with van der Waals surface area (Å²) >= 11 is 0. The third-order valence-corrected chi connectivity index (χ3v) is 9.21. The second kappa shape index (κ2) is 6.34. The Morgan fingerprint density at radius 3 is 1.78 bits per heavy atom. The third-order valence-electron chi connectivity index (χ3n) is 5.62. The van der Waals surface area contributed by atoms with Gasteiger partial charge < -0.3 is 4.80 Å². The summed E-state index contributed by atoms with van der Waals surface area (Å²) in [5.41, 5.74) is 5.19. The molecule has 0 saturated heterocycles.